The van der Waals surface area contributed by atoms with Crippen molar-refractivity contribution in [3.05, 3.63) is 101 Å². The molecule has 1 atom stereocenters. The summed E-state index contributed by atoms with van der Waals surface area (Å²) in [6.07, 6.45) is 3.02. The van der Waals surface area contributed by atoms with Crippen molar-refractivity contribution in [1.29, 1.82) is 0 Å². The number of hydrogen-bond donors (Lipinski definition) is 1. The second-order valence-electron chi connectivity index (χ2n) is 7.73. The van der Waals surface area contributed by atoms with E-state index >= 15 is 0 Å². The molecule has 0 saturated heterocycles. The number of aryl methyl sites for hydroxylation is 2. The van der Waals surface area contributed by atoms with Gasteiger partial charge in [0, 0.05) is 23.0 Å². The molecule has 31 heavy (non-hydrogen) atoms. The smallest absolute Gasteiger partial charge is 0.180 e. The minimum Gasteiger partial charge on any atom is -0.485 e. The van der Waals surface area contributed by atoms with Crippen LogP contribution in [0.3, 0.4) is 0 Å². The number of aliphatic hydroxyl groups is 1. The van der Waals surface area contributed by atoms with Crippen LogP contribution in [0.1, 0.15) is 51.0 Å². The monoisotopic (exact) mass is 414 g/mol. The lowest BCUT2D eigenvalue weighted by Gasteiger charge is -2.17. The zero-order valence-corrected chi connectivity index (χ0v) is 17.8. The second-order valence-corrected chi connectivity index (χ2v) is 7.73. The number of carbonyl (C=O) groups excluding carboxylic acids is 1. The number of aromatic nitrogens is 2. The third kappa shape index (κ3) is 4.37. The molecule has 0 aliphatic rings. The lowest BCUT2D eigenvalue weighted by atomic mass is 9.98. The summed E-state index contributed by atoms with van der Waals surface area (Å²) in [5.74, 6) is 0.602. The van der Waals surface area contributed by atoms with Crippen molar-refractivity contribution in [2.75, 3.05) is 0 Å². The predicted molar refractivity (Wildman–Crippen MR) is 121 cm³/mol. The Morgan fingerprint density at radius 3 is 2.42 bits per heavy atom. The van der Waals surface area contributed by atoms with Crippen molar-refractivity contribution in [3.8, 4) is 5.75 Å². The molecule has 158 valence electrons. The number of nitrogens with zero attached hydrogens (tertiary/aromatic N) is 2. The number of imidazole rings is 1. The molecule has 1 N–H and O–H groups in total. The van der Waals surface area contributed by atoms with Crippen molar-refractivity contribution in [2.45, 2.75) is 39.4 Å². The van der Waals surface area contributed by atoms with Crippen molar-refractivity contribution in [1.82, 2.24) is 9.38 Å². The number of aldehydes is 1. The number of hydrogen-bond acceptors (Lipinski definition) is 4. The fraction of sp³-hybridized carbons (Fsp3) is 0.231. The summed E-state index contributed by atoms with van der Waals surface area (Å²) in [6, 6.07) is 19.5. The van der Waals surface area contributed by atoms with Gasteiger partial charge in [0.05, 0.1) is 11.8 Å². The van der Waals surface area contributed by atoms with E-state index in [2.05, 4.69) is 0 Å². The van der Waals surface area contributed by atoms with Gasteiger partial charge in [-0.1, -0.05) is 60.7 Å². The maximum atomic E-state index is 12.0. The van der Waals surface area contributed by atoms with Crippen molar-refractivity contribution >= 4 is 11.9 Å². The Morgan fingerprint density at radius 2 is 1.74 bits per heavy atom. The summed E-state index contributed by atoms with van der Waals surface area (Å²) in [4.78, 5) is 16.7. The lowest BCUT2D eigenvalue weighted by Crippen LogP contribution is -2.08. The molecular formula is C26H26N2O3. The van der Waals surface area contributed by atoms with Gasteiger partial charge in [0.25, 0.3) is 0 Å². The lowest BCUT2D eigenvalue weighted by molar-refractivity contribution is 0.112. The Bertz CT molecular complexity index is 1180. The molecule has 0 amide bonds. The van der Waals surface area contributed by atoms with Crippen LogP contribution in [0.2, 0.25) is 0 Å². The van der Waals surface area contributed by atoms with Crippen LogP contribution in [0, 0.1) is 13.8 Å². The van der Waals surface area contributed by atoms with Gasteiger partial charge in [-0.2, -0.15) is 0 Å². The van der Waals surface area contributed by atoms with E-state index in [-0.39, 0.29) is 0 Å². The van der Waals surface area contributed by atoms with Crippen LogP contribution in [0.5, 0.6) is 5.75 Å². The molecule has 0 bridgehead atoms. The fourth-order valence-corrected chi connectivity index (χ4v) is 3.79. The summed E-state index contributed by atoms with van der Waals surface area (Å²) in [5, 5.41) is 10.7. The van der Waals surface area contributed by atoms with Gasteiger partial charge in [-0.3, -0.25) is 4.79 Å². The third-order valence-corrected chi connectivity index (χ3v) is 5.69. The third-order valence-electron chi connectivity index (χ3n) is 5.69. The van der Waals surface area contributed by atoms with E-state index in [1.54, 1.807) is 0 Å². The van der Waals surface area contributed by atoms with Gasteiger partial charge in [0.1, 0.15) is 6.61 Å². The SMILES string of the molecule is Cc1nc2c(OCc3ccccc3)c(CC[C@@H](O)c3ccccc3)c(C=O)cn2c1C. The van der Waals surface area contributed by atoms with Crippen LogP contribution in [-0.2, 0) is 13.0 Å². The Morgan fingerprint density at radius 1 is 1.06 bits per heavy atom. The summed E-state index contributed by atoms with van der Waals surface area (Å²) in [6.45, 7) is 4.30. The highest BCUT2D eigenvalue weighted by atomic mass is 16.5. The average molecular weight is 415 g/mol. The van der Waals surface area contributed by atoms with Gasteiger partial charge in [0.2, 0.25) is 0 Å². The fourth-order valence-electron chi connectivity index (χ4n) is 3.79. The number of carbonyl (C=O) groups is 1. The molecule has 0 unspecified atom stereocenters. The molecular weight excluding hydrogens is 388 g/mol. The number of ether oxygens (including phenoxy) is 1. The number of benzene rings is 2. The van der Waals surface area contributed by atoms with Gasteiger partial charge in [0.15, 0.2) is 17.7 Å². The molecule has 0 radical (unpaired) electrons. The van der Waals surface area contributed by atoms with Gasteiger partial charge in [-0.15, -0.1) is 0 Å². The summed E-state index contributed by atoms with van der Waals surface area (Å²) < 4.78 is 8.17. The van der Waals surface area contributed by atoms with Crippen molar-refractivity contribution in [3.63, 3.8) is 0 Å². The Kier molecular flexibility index (Phi) is 6.14. The molecule has 0 saturated carbocycles. The maximum Gasteiger partial charge on any atom is 0.180 e. The molecule has 0 aliphatic carbocycles. The molecule has 0 spiro atoms. The Hall–Kier alpha value is -3.44. The first-order valence-electron chi connectivity index (χ1n) is 10.4. The molecule has 2 aromatic carbocycles. The molecule has 4 rings (SSSR count). The van der Waals surface area contributed by atoms with E-state index < -0.39 is 6.10 Å². The maximum absolute atomic E-state index is 12.0. The quantitative estimate of drug-likeness (QED) is 0.412. The number of rotatable bonds is 8. The minimum atomic E-state index is -0.623. The van der Waals surface area contributed by atoms with E-state index in [0.29, 0.717) is 36.4 Å². The zero-order chi connectivity index (χ0) is 21.8. The van der Waals surface area contributed by atoms with Crippen LogP contribution in [0.15, 0.2) is 66.9 Å². The average Bonchev–Trinajstić information content (AvgIpc) is 3.10. The summed E-state index contributed by atoms with van der Waals surface area (Å²) >= 11 is 0. The summed E-state index contributed by atoms with van der Waals surface area (Å²) in [5.41, 5.74) is 5.78. The molecule has 0 aliphatic heterocycles. The van der Waals surface area contributed by atoms with E-state index in [1.807, 2.05) is 85.1 Å². The van der Waals surface area contributed by atoms with Gasteiger partial charge in [-0.25, -0.2) is 4.98 Å². The Labute approximate surface area is 182 Å². The summed E-state index contributed by atoms with van der Waals surface area (Å²) in [7, 11) is 0. The molecule has 2 heterocycles. The molecule has 5 nitrogen and oxygen atoms in total. The highest BCUT2D eigenvalue weighted by Crippen LogP contribution is 2.32. The van der Waals surface area contributed by atoms with Crippen LogP contribution in [-0.4, -0.2) is 20.8 Å². The highest BCUT2D eigenvalue weighted by molar-refractivity contribution is 5.81. The van der Waals surface area contributed by atoms with Crippen molar-refractivity contribution < 1.29 is 14.6 Å². The standard InChI is InChI=1S/C26H26N2O3/c1-18-19(2)28-15-22(16-29)23(13-14-24(30)21-11-7-4-8-12-21)25(26(28)27-18)31-17-20-9-5-3-6-10-20/h3-12,15-16,24,30H,13-14,17H2,1-2H3/t24-/m1/s1. The first-order chi connectivity index (χ1) is 15.1. The van der Waals surface area contributed by atoms with Gasteiger partial charge < -0.3 is 14.2 Å². The van der Waals surface area contributed by atoms with Crippen LogP contribution in [0.4, 0.5) is 0 Å². The molecule has 0 fully saturated rings. The van der Waals surface area contributed by atoms with E-state index in [0.717, 1.165) is 34.4 Å². The van der Waals surface area contributed by atoms with Crippen LogP contribution in [0.25, 0.3) is 5.65 Å². The molecule has 2 aromatic heterocycles. The zero-order valence-electron chi connectivity index (χ0n) is 17.8. The second kappa shape index (κ2) is 9.14. The van der Waals surface area contributed by atoms with Gasteiger partial charge in [-0.05, 0) is 37.8 Å². The predicted octanol–water partition coefficient (Wildman–Crippen LogP) is 5.01. The minimum absolute atomic E-state index is 0.373. The van der Waals surface area contributed by atoms with E-state index in [1.165, 1.54) is 0 Å². The first kappa shape index (κ1) is 20.8. The van der Waals surface area contributed by atoms with Crippen molar-refractivity contribution in [2.24, 2.45) is 0 Å². The highest BCUT2D eigenvalue weighted by Gasteiger charge is 2.20. The normalized spacial score (nSPS) is 12.1. The number of pyridine rings is 1. The Balaban J connectivity index is 1.71. The largest absolute Gasteiger partial charge is 0.485 e. The van der Waals surface area contributed by atoms with Crippen LogP contribution < -0.4 is 4.74 Å². The van der Waals surface area contributed by atoms with Crippen LogP contribution >= 0.6 is 0 Å². The first-order valence-corrected chi connectivity index (χ1v) is 10.4. The molecule has 5 heteroatoms. The van der Waals surface area contributed by atoms with E-state index in [4.69, 9.17) is 9.72 Å². The van der Waals surface area contributed by atoms with Gasteiger partial charge >= 0.3 is 0 Å². The topological polar surface area (TPSA) is 63.8 Å². The number of fused-ring (bicyclic) bond motifs is 1. The molecule has 4 aromatic rings. The number of aliphatic hydroxyl groups excluding tert-OH is 1. The van der Waals surface area contributed by atoms with E-state index in [9.17, 15) is 9.90 Å².